The Morgan fingerprint density at radius 2 is 2.07 bits per heavy atom. The molecule has 2 fully saturated rings. The minimum atomic E-state index is 0.0846. The average molecular weight is 399 g/mol. The standard InChI is InChI=1S/C22H30N4O3/c1-15(2)20-23-19(24-29-20)18-13-22(14-25(18)3)8-10-26(11-9-22)21(27)16-6-5-7-17(12-16)28-4/h5-7,12,15,18H,8-11,13-14H2,1-4H3. The Kier molecular flexibility index (Phi) is 5.34. The molecule has 29 heavy (non-hydrogen) atoms. The van der Waals surface area contributed by atoms with Crippen LogP contribution in [0.15, 0.2) is 28.8 Å². The van der Waals surface area contributed by atoms with Crippen LogP contribution in [0, 0.1) is 5.41 Å². The molecule has 0 bridgehead atoms. The molecule has 4 rings (SSSR count). The van der Waals surface area contributed by atoms with Crippen LogP contribution in [-0.2, 0) is 0 Å². The van der Waals surface area contributed by atoms with E-state index in [4.69, 9.17) is 9.26 Å². The zero-order valence-electron chi connectivity index (χ0n) is 17.7. The number of nitrogens with zero attached hydrogens (tertiary/aromatic N) is 4. The fourth-order valence-electron chi connectivity index (χ4n) is 4.66. The number of ether oxygens (including phenoxy) is 1. The molecule has 7 heteroatoms. The molecule has 1 unspecified atom stereocenters. The lowest BCUT2D eigenvalue weighted by Gasteiger charge is -2.39. The summed E-state index contributed by atoms with van der Waals surface area (Å²) in [5.41, 5.74) is 0.901. The number of rotatable bonds is 4. The molecule has 1 amide bonds. The van der Waals surface area contributed by atoms with Crippen LogP contribution in [0.4, 0.5) is 0 Å². The molecule has 1 aromatic heterocycles. The molecule has 2 saturated heterocycles. The average Bonchev–Trinajstić information content (AvgIpc) is 3.33. The summed E-state index contributed by atoms with van der Waals surface area (Å²) in [5.74, 6) is 2.53. The summed E-state index contributed by atoms with van der Waals surface area (Å²) < 4.78 is 10.7. The van der Waals surface area contributed by atoms with Crippen LogP contribution in [0.1, 0.15) is 67.1 Å². The van der Waals surface area contributed by atoms with Crippen molar-refractivity contribution in [3.63, 3.8) is 0 Å². The highest BCUT2D eigenvalue weighted by Gasteiger charge is 2.46. The topological polar surface area (TPSA) is 71.7 Å². The fraction of sp³-hybridized carbons (Fsp3) is 0.591. The summed E-state index contributed by atoms with van der Waals surface area (Å²) in [6.45, 7) is 6.68. The Bertz CT molecular complexity index is 870. The van der Waals surface area contributed by atoms with Gasteiger partial charge in [0, 0.05) is 31.1 Å². The molecule has 0 N–H and O–H groups in total. The fourth-order valence-corrected chi connectivity index (χ4v) is 4.66. The molecule has 156 valence electrons. The van der Waals surface area contributed by atoms with Gasteiger partial charge in [0.25, 0.3) is 5.91 Å². The molecule has 2 aliphatic rings. The van der Waals surface area contributed by atoms with Crippen LogP contribution in [0.3, 0.4) is 0 Å². The maximum atomic E-state index is 12.9. The molecule has 2 aliphatic heterocycles. The summed E-state index contributed by atoms with van der Waals surface area (Å²) >= 11 is 0. The minimum Gasteiger partial charge on any atom is -0.497 e. The first-order valence-corrected chi connectivity index (χ1v) is 10.4. The number of amides is 1. The van der Waals surface area contributed by atoms with Crippen LogP contribution in [-0.4, -0.2) is 59.6 Å². The van der Waals surface area contributed by atoms with Crippen molar-refractivity contribution < 1.29 is 14.1 Å². The lowest BCUT2D eigenvalue weighted by Crippen LogP contribution is -2.44. The third-order valence-electron chi connectivity index (χ3n) is 6.42. The molecule has 1 atom stereocenters. The van der Waals surface area contributed by atoms with Crippen LogP contribution >= 0.6 is 0 Å². The Hall–Kier alpha value is -2.41. The van der Waals surface area contributed by atoms with Crippen LogP contribution < -0.4 is 4.74 Å². The smallest absolute Gasteiger partial charge is 0.253 e. The first kappa shape index (κ1) is 19.9. The second-order valence-electron chi connectivity index (χ2n) is 8.80. The van der Waals surface area contributed by atoms with E-state index in [1.54, 1.807) is 7.11 Å². The first-order valence-electron chi connectivity index (χ1n) is 10.4. The van der Waals surface area contributed by atoms with E-state index >= 15 is 0 Å². The van der Waals surface area contributed by atoms with E-state index in [2.05, 4.69) is 35.9 Å². The number of carbonyl (C=O) groups is 1. The van der Waals surface area contributed by atoms with Gasteiger partial charge >= 0.3 is 0 Å². The summed E-state index contributed by atoms with van der Waals surface area (Å²) in [4.78, 5) is 21.9. The van der Waals surface area contributed by atoms with Crippen LogP contribution in [0.5, 0.6) is 5.75 Å². The van der Waals surface area contributed by atoms with Crippen molar-refractivity contribution in [3.05, 3.63) is 41.5 Å². The van der Waals surface area contributed by atoms with Gasteiger partial charge in [-0.1, -0.05) is 25.1 Å². The number of likely N-dealkylation sites (tertiary alicyclic amines) is 2. The number of piperidine rings is 1. The van der Waals surface area contributed by atoms with Crippen LogP contribution in [0.25, 0.3) is 0 Å². The third-order valence-corrected chi connectivity index (χ3v) is 6.42. The van der Waals surface area contributed by atoms with Gasteiger partial charge in [0.1, 0.15) is 5.75 Å². The van der Waals surface area contributed by atoms with Gasteiger partial charge in [-0.2, -0.15) is 4.98 Å². The van der Waals surface area contributed by atoms with Crippen molar-refractivity contribution in [2.24, 2.45) is 5.41 Å². The predicted molar refractivity (Wildman–Crippen MR) is 109 cm³/mol. The molecular weight excluding hydrogens is 368 g/mol. The lowest BCUT2D eigenvalue weighted by molar-refractivity contribution is 0.0593. The second kappa shape index (κ2) is 7.78. The zero-order chi connectivity index (χ0) is 20.6. The van der Waals surface area contributed by atoms with E-state index in [-0.39, 0.29) is 23.3 Å². The summed E-state index contributed by atoms with van der Waals surface area (Å²) in [6, 6.07) is 7.59. The van der Waals surface area contributed by atoms with Gasteiger partial charge in [-0.25, -0.2) is 0 Å². The molecule has 1 spiro atoms. The highest BCUT2D eigenvalue weighted by atomic mass is 16.5. The van der Waals surface area contributed by atoms with E-state index in [1.807, 2.05) is 29.2 Å². The van der Waals surface area contributed by atoms with Crippen molar-refractivity contribution in [2.75, 3.05) is 33.8 Å². The summed E-state index contributed by atoms with van der Waals surface area (Å²) in [6.07, 6.45) is 3.01. The quantitative estimate of drug-likeness (QED) is 0.785. The van der Waals surface area contributed by atoms with Crippen LogP contribution in [0.2, 0.25) is 0 Å². The van der Waals surface area contributed by atoms with Crippen molar-refractivity contribution in [1.82, 2.24) is 19.9 Å². The van der Waals surface area contributed by atoms with Gasteiger partial charge in [0.05, 0.1) is 13.2 Å². The first-order chi connectivity index (χ1) is 13.9. The maximum absolute atomic E-state index is 12.9. The molecule has 0 aliphatic carbocycles. The number of hydrogen-bond donors (Lipinski definition) is 0. The number of methoxy groups -OCH3 is 1. The number of hydrogen-bond acceptors (Lipinski definition) is 6. The van der Waals surface area contributed by atoms with Crippen molar-refractivity contribution in [2.45, 2.75) is 45.1 Å². The van der Waals surface area contributed by atoms with E-state index < -0.39 is 0 Å². The molecule has 2 aromatic rings. The SMILES string of the molecule is COc1cccc(C(=O)N2CCC3(CC2)CC(c2noc(C(C)C)n2)N(C)C3)c1. The molecule has 0 saturated carbocycles. The number of aromatic nitrogens is 2. The maximum Gasteiger partial charge on any atom is 0.253 e. The van der Waals surface area contributed by atoms with E-state index in [9.17, 15) is 4.79 Å². The van der Waals surface area contributed by atoms with Gasteiger partial charge in [-0.15, -0.1) is 0 Å². The molecule has 7 nitrogen and oxygen atoms in total. The van der Waals surface area contributed by atoms with Gasteiger partial charge in [0.15, 0.2) is 5.82 Å². The van der Waals surface area contributed by atoms with Gasteiger partial charge in [0.2, 0.25) is 5.89 Å². The normalized spacial score (nSPS) is 21.8. The van der Waals surface area contributed by atoms with E-state index in [0.717, 1.165) is 44.7 Å². The Morgan fingerprint density at radius 1 is 1.31 bits per heavy atom. The molecule has 3 heterocycles. The van der Waals surface area contributed by atoms with E-state index in [0.29, 0.717) is 17.2 Å². The van der Waals surface area contributed by atoms with E-state index in [1.165, 1.54) is 0 Å². The van der Waals surface area contributed by atoms with Crippen molar-refractivity contribution in [1.29, 1.82) is 0 Å². The minimum absolute atomic E-state index is 0.0846. The molecular formula is C22H30N4O3. The van der Waals surface area contributed by atoms with Gasteiger partial charge in [-0.05, 0) is 49.9 Å². The monoisotopic (exact) mass is 398 g/mol. The largest absolute Gasteiger partial charge is 0.497 e. The predicted octanol–water partition coefficient (Wildman–Crippen LogP) is 3.50. The Balaban J connectivity index is 1.41. The third kappa shape index (κ3) is 3.88. The number of carbonyl (C=O) groups excluding carboxylic acids is 1. The van der Waals surface area contributed by atoms with Gasteiger partial charge in [-0.3, -0.25) is 9.69 Å². The second-order valence-corrected chi connectivity index (χ2v) is 8.80. The molecule has 1 aromatic carbocycles. The summed E-state index contributed by atoms with van der Waals surface area (Å²) in [5, 5.41) is 4.24. The van der Waals surface area contributed by atoms with Crippen molar-refractivity contribution >= 4 is 5.91 Å². The van der Waals surface area contributed by atoms with Crippen molar-refractivity contribution in [3.8, 4) is 5.75 Å². The number of benzene rings is 1. The molecule has 0 radical (unpaired) electrons. The Labute approximate surface area is 172 Å². The zero-order valence-corrected chi connectivity index (χ0v) is 17.7. The lowest BCUT2D eigenvalue weighted by atomic mass is 9.76. The highest BCUT2D eigenvalue weighted by Crippen LogP contribution is 2.47. The Morgan fingerprint density at radius 3 is 2.72 bits per heavy atom. The summed E-state index contributed by atoms with van der Waals surface area (Å²) in [7, 11) is 3.76. The van der Waals surface area contributed by atoms with Gasteiger partial charge < -0.3 is 14.2 Å². The highest BCUT2D eigenvalue weighted by molar-refractivity contribution is 5.94.